The molecule has 0 aliphatic heterocycles. The van der Waals surface area contributed by atoms with Crippen molar-refractivity contribution in [2.75, 3.05) is 0 Å². The minimum absolute atomic E-state index is 0.138. The summed E-state index contributed by atoms with van der Waals surface area (Å²) < 4.78 is 1.75. The molecule has 1 fully saturated rings. The molecule has 5 heteroatoms. The fraction of sp³-hybridized carbons (Fsp3) is 0.667. The number of carbonyl (C=O) groups excluding carboxylic acids is 1. The van der Waals surface area contributed by atoms with E-state index in [2.05, 4.69) is 5.10 Å². The predicted octanol–water partition coefficient (Wildman–Crippen LogP) is 2.45. The molecule has 1 saturated carbocycles. The SMILES string of the molecule is CC(C)n1ncc(Cl)c1C1(O)CCC(=O)CC1. The molecule has 0 spiro atoms. The maximum atomic E-state index is 11.3. The number of nitrogens with zero attached hydrogens (tertiary/aromatic N) is 2. The summed E-state index contributed by atoms with van der Waals surface area (Å²) >= 11 is 6.12. The second-order valence-electron chi connectivity index (χ2n) is 4.95. The fourth-order valence-electron chi connectivity index (χ4n) is 2.35. The lowest BCUT2D eigenvalue weighted by Gasteiger charge is -2.33. The Kier molecular flexibility index (Phi) is 3.27. The Bertz CT molecular complexity index is 430. The van der Waals surface area contributed by atoms with Crippen LogP contribution in [0.2, 0.25) is 5.02 Å². The van der Waals surface area contributed by atoms with Crippen LogP contribution in [0.1, 0.15) is 51.3 Å². The van der Waals surface area contributed by atoms with Crippen LogP contribution in [0.5, 0.6) is 0 Å². The van der Waals surface area contributed by atoms with E-state index in [0.29, 0.717) is 36.4 Å². The van der Waals surface area contributed by atoms with E-state index >= 15 is 0 Å². The van der Waals surface area contributed by atoms with E-state index in [9.17, 15) is 9.90 Å². The molecular weight excluding hydrogens is 240 g/mol. The third-order valence-corrected chi connectivity index (χ3v) is 3.59. The first-order chi connectivity index (χ1) is 7.94. The van der Waals surface area contributed by atoms with Gasteiger partial charge in [0.2, 0.25) is 0 Å². The van der Waals surface area contributed by atoms with Crippen molar-refractivity contribution < 1.29 is 9.90 Å². The monoisotopic (exact) mass is 256 g/mol. The number of aliphatic hydroxyl groups is 1. The Morgan fingerprint density at radius 2 is 2.06 bits per heavy atom. The van der Waals surface area contributed by atoms with Gasteiger partial charge in [0.05, 0.1) is 16.9 Å². The zero-order valence-corrected chi connectivity index (χ0v) is 10.9. The summed E-state index contributed by atoms with van der Waals surface area (Å²) in [5, 5.41) is 15.3. The molecule has 94 valence electrons. The summed E-state index contributed by atoms with van der Waals surface area (Å²) in [4.78, 5) is 11.3. The highest BCUT2D eigenvalue weighted by Gasteiger charge is 2.39. The first-order valence-corrected chi connectivity index (χ1v) is 6.29. The molecule has 1 aliphatic rings. The van der Waals surface area contributed by atoms with Gasteiger partial charge in [-0.05, 0) is 26.7 Å². The normalized spacial score (nSPS) is 19.9. The molecule has 1 heterocycles. The summed E-state index contributed by atoms with van der Waals surface area (Å²) in [6.07, 6.45) is 3.26. The van der Waals surface area contributed by atoms with Crippen molar-refractivity contribution in [2.45, 2.75) is 51.2 Å². The van der Waals surface area contributed by atoms with Gasteiger partial charge in [0.25, 0.3) is 0 Å². The average Bonchev–Trinajstić information content (AvgIpc) is 2.66. The van der Waals surface area contributed by atoms with Crippen LogP contribution in [0.4, 0.5) is 0 Å². The summed E-state index contributed by atoms with van der Waals surface area (Å²) in [6.45, 7) is 3.98. The van der Waals surface area contributed by atoms with Gasteiger partial charge in [-0.15, -0.1) is 0 Å². The summed E-state index contributed by atoms with van der Waals surface area (Å²) in [5.74, 6) is 0.210. The van der Waals surface area contributed by atoms with Crippen molar-refractivity contribution in [2.24, 2.45) is 0 Å². The van der Waals surface area contributed by atoms with E-state index in [-0.39, 0.29) is 11.8 Å². The number of ketones is 1. The number of halogens is 1. The molecule has 0 unspecified atom stereocenters. The number of Topliss-reactive ketones (excluding diaryl/α,β-unsaturated/α-hetero) is 1. The molecule has 1 aromatic rings. The third kappa shape index (κ3) is 2.24. The van der Waals surface area contributed by atoms with Gasteiger partial charge in [-0.25, -0.2) is 0 Å². The minimum atomic E-state index is -1.01. The number of rotatable bonds is 2. The minimum Gasteiger partial charge on any atom is -0.383 e. The van der Waals surface area contributed by atoms with Crippen molar-refractivity contribution in [3.05, 3.63) is 16.9 Å². The lowest BCUT2D eigenvalue weighted by Crippen LogP contribution is -2.34. The zero-order valence-electron chi connectivity index (χ0n) is 10.1. The highest BCUT2D eigenvalue weighted by molar-refractivity contribution is 6.31. The van der Waals surface area contributed by atoms with Gasteiger partial charge < -0.3 is 5.11 Å². The summed E-state index contributed by atoms with van der Waals surface area (Å²) in [6, 6.07) is 0.138. The van der Waals surface area contributed by atoms with Crippen molar-refractivity contribution in [1.82, 2.24) is 9.78 Å². The topological polar surface area (TPSA) is 55.1 Å². The standard InChI is InChI=1S/C12H17ClN2O2/c1-8(2)15-11(10(13)7-14-15)12(17)5-3-9(16)4-6-12/h7-8,17H,3-6H2,1-2H3. The van der Waals surface area contributed by atoms with Gasteiger partial charge in [0.1, 0.15) is 11.4 Å². The number of aromatic nitrogens is 2. The van der Waals surface area contributed by atoms with Gasteiger partial charge in [-0.2, -0.15) is 5.10 Å². The first kappa shape index (κ1) is 12.6. The average molecular weight is 257 g/mol. The second-order valence-corrected chi connectivity index (χ2v) is 5.36. The Hall–Kier alpha value is -0.870. The van der Waals surface area contributed by atoms with Gasteiger partial charge >= 0.3 is 0 Å². The predicted molar refractivity (Wildman–Crippen MR) is 65.0 cm³/mol. The van der Waals surface area contributed by atoms with Crippen LogP contribution in [0.15, 0.2) is 6.20 Å². The van der Waals surface area contributed by atoms with Gasteiger partial charge in [-0.3, -0.25) is 9.48 Å². The third-order valence-electron chi connectivity index (χ3n) is 3.32. The Balaban J connectivity index is 2.38. The maximum Gasteiger partial charge on any atom is 0.133 e. The van der Waals surface area contributed by atoms with Crippen LogP contribution in [-0.4, -0.2) is 20.7 Å². The Labute approximate surface area is 106 Å². The van der Waals surface area contributed by atoms with Crippen molar-refractivity contribution in [3.8, 4) is 0 Å². The van der Waals surface area contributed by atoms with E-state index in [1.807, 2.05) is 13.8 Å². The number of hydrogen-bond acceptors (Lipinski definition) is 3. The molecule has 2 rings (SSSR count). The van der Waals surface area contributed by atoms with E-state index in [4.69, 9.17) is 11.6 Å². The lowest BCUT2D eigenvalue weighted by molar-refractivity contribution is -0.126. The molecule has 0 aromatic carbocycles. The van der Waals surface area contributed by atoms with E-state index in [1.54, 1.807) is 10.9 Å². The van der Waals surface area contributed by atoms with Gasteiger partial charge in [-0.1, -0.05) is 11.6 Å². The molecule has 17 heavy (non-hydrogen) atoms. The van der Waals surface area contributed by atoms with Gasteiger partial charge in [0.15, 0.2) is 0 Å². The molecule has 0 radical (unpaired) electrons. The summed E-state index contributed by atoms with van der Waals surface area (Å²) in [5.41, 5.74) is -0.354. The number of carbonyl (C=O) groups is 1. The first-order valence-electron chi connectivity index (χ1n) is 5.91. The highest BCUT2D eigenvalue weighted by Crippen LogP contribution is 2.39. The molecule has 0 amide bonds. The summed E-state index contributed by atoms with van der Waals surface area (Å²) in [7, 11) is 0. The van der Waals surface area contributed by atoms with Crippen LogP contribution in [0.3, 0.4) is 0 Å². The molecule has 0 atom stereocenters. The number of hydrogen-bond donors (Lipinski definition) is 1. The van der Waals surface area contributed by atoms with Gasteiger partial charge in [0, 0.05) is 18.9 Å². The molecular formula is C12H17ClN2O2. The zero-order chi connectivity index (χ0) is 12.6. The lowest BCUT2D eigenvalue weighted by atomic mass is 9.81. The molecule has 1 aromatic heterocycles. The maximum absolute atomic E-state index is 11.3. The molecule has 0 bridgehead atoms. The van der Waals surface area contributed by atoms with E-state index in [1.165, 1.54) is 0 Å². The van der Waals surface area contributed by atoms with Crippen molar-refractivity contribution >= 4 is 17.4 Å². The van der Waals surface area contributed by atoms with Crippen LogP contribution in [-0.2, 0) is 10.4 Å². The molecule has 4 nitrogen and oxygen atoms in total. The Morgan fingerprint density at radius 1 is 1.47 bits per heavy atom. The quantitative estimate of drug-likeness (QED) is 0.884. The van der Waals surface area contributed by atoms with Crippen LogP contribution in [0, 0.1) is 0 Å². The van der Waals surface area contributed by atoms with E-state index in [0.717, 1.165) is 0 Å². The van der Waals surface area contributed by atoms with Crippen molar-refractivity contribution in [3.63, 3.8) is 0 Å². The van der Waals surface area contributed by atoms with Crippen LogP contribution in [0.25, 0.3) is 0 Å². The highest BCUT2D eigenvalue weighted by atomic mass is 35.5. The smallest absolute Gasteiger partial charge is 0.133 e. The Morgan fingerprint density at radius 3 is 2.59 bits per heavy atom. The van der Waals surface area contributed by atoms with Crippen LogP contribution < -0.4 is 0 Å². The largest absolute Gasteiger partial charge is 0.383 e. The molecule has 1 aliphatic carbocycles. The fourth-order valence-corrected chi connectivity index (χ4v) is 2.65. The second kappa shape index (κ2) is 4.42. The molecule has 0 saturated heterocycles. The van der Waals surface area contributed by atoms with Crippen LogP contribution >= 0.6 is 11.6 Å². The van der Waals surface area contributed by atoms with E-state index < -0.39 is 5.60 Å². The molecule has 1 N–H and O–H groups in total. The van der Waals surface area contributed by atoms with Crippen molar-refractivity contribution in [1.29, 1.82) is 0 Å².